The summed E-state index contributed by atoms with van der Waals surface area (Å²) in [5.74, 6) is 1.07. The van der Waals surface area contributed by atoms with Gasteiger partial charge in [-0.1, -0.05) is 30.3 Å². The van der Waals surface area contributed by atoms with Crippen molar-refractivity contribution in [3.05, 3.63) is 114 Å². The maximum atomic E-state index is 12.3. The van der Waals surface area contributed by atoms with E-state index in [2.05, 4.69) is 28.1 Å². The maximum absolute atomic E-state index is 12.3. The summed E-state index contributed by atoms with van der Waals surface area (Å²) in [4.78, 5) is 24.5. The molecule has 0 fully saturated rings. The number of carbonyl (C=O) groups is 2. The van der Waals surface area contributed by atoms with Crippen LogP contribution >= 0.6 is 0 Å². The number of anilines is 2. The molecule has 0 radical (unpaired) electrons. The minimum Gasteiger partial charge on any atom is -0.493 e. The second-order valence-electron chi connectivity index (χ2n) is 7.85. The lowest BCUT2D eigenvalue weighted by Gasteiger charge is -2.10. The number of hydrogen-bond donors (Lipinski definition) is 3. The zero-order chi connectivity index (χ0) is 24.3. The monoisotopic (exact) mass is 469 g/mol. The first-order valence-electron chi connectivity index (χ1n) is 11.4. The minimum absolute atomic E-state index is 0.0966. The van der Waals surface area contributed by atoms with E-state index in [0.717, 1.165) is 17.9 Å². The molecular weight excluding hydrogens is 442 g/mol. The fourth-order valence-corrected chi connectivity index (χ4v) is 3.38. The average molecular weight is 470 g/mol. The van der Waals surface area contributed by atoms with Crippen molar-refractivity contribution in [1.82, 2.24) is 5.32 Å². The molecule has 0 spiro atoms. The summed E-state index contributed by atoms with van der Waals surface area (Å²) in [6.07, 6.45) is 2.40. The van der Waals surface area contributed by atoms with Crippen molar-refractivity contribution < 1.29 is 18.7 Å². The van der Waals surface area contributed by atoms with Crippen LogP contribution in [0.15, 0.2) is 102 Å². The third-order valence-electron chi connectivity index (χ3n) is 5.24. The van der Waals surface area contributed by atoms with Crippen LogP contribution in [0.3, 0.4) is 0 Å². The molecule has 7 nitrogen and oxygen atoms in total. The van der Waals surface area contributed by atoms with Crippen LogP contribution in [0.1, 0.15) is 21.7 Å². The van der Waals surface area contributed by atoms with Crippen molar-refractivity contribution in [2.24, 2.45) is 0 Å². The van der Waals surface area contributed by atoms with Crippen LogP contribution in [0.2, 0.25) is 0 Å². The van der Waals surface area contributed by atoms with Gasteiger partial charge in [-0.25, -0.2) is 0 Å². The highest BCUT2D eigenvalue weighted by Gasteiger charge is 2.07. The molecule has 1 heterocycles. The van der Waals surface area contributed by atoms with Gasteiger partial charge in [0.15, 0.2) is 0 Å². The molecular formula is C28H27N3O4. The number of ether oxygens (including phenoxy) is 1. The second-order valence-corrected chi connectivity index (χ2v) is 7.85. The number of hydrogen-bond acceptors (Lipinski definition) is 5. The summed E-state index contributed by atoms with van der Waals surface area (Å²) < 4.78 is 11.0. The van der Waals surface area contributed by atoms with E-state index in [4.69, 9.17) is 9.15 Å². The Hall–Kier alpha value is -4.52. The predicted octanol–water partition coefficient (Wildman–Crippen LogP) is 4.88. The molecule has 2 amide bonds. The number of nitrogens with one attached hydrogen (secondary N) is 3. The van der Waals surface area contributed by atoms with Crippen molar-refractivity contribution in [1.29, 1.82) is 0 Å². The topological polar surface area (TPSA) is 92.6 Å². The standard InChI is InChI=1S/C28H27N3O4/c32-27(31-24-12-14-25(15-13-24)35-18-16-21-5-2-1-3-6-21)20-29-23-10-8-22(9-11-23)28(33)30-19-26-7-4-17-34-26/h1-15,17,29H,16,18-20H2,(H,30,33)(H,31,32). The van der Waals surface area contributed by atoms with E-state index in [1.165, 1.54) is 5.56 Å². The van der Waals surface area contributed by atoms with E-state index in [9.17, 15) is 9.59 Å². The van der Waals surface area contributed by atoms with E-state index in [1.807, 2.05) is 42.5 Å². The second kappa shape index (κ2) is 12.1. The molecule has 0 saturated heterocycles. The first-order chi connectivity index (χ1) is 17.2. The lowest BCUT2D eigenvalue weighted by Crippen LogP contribution is -2.23. The van der Waals surface area contributed by atoms with Gasteiger partial charge < -0.3 is 25.1 Å². The van der Waals surface area contributed by atoms with Crippen LogP contribution in [-0.4, -0.2) is 25.0 Å². The first kappa shape index (κ1) is 23.6. The Balaban J connectivity index is 1.17. The van der Waals surface area contributed by atoms with Gasteiger partial charge in [-0.05, 0) is 66.2 Å². The van der Waals surface area contributed by atoms with Gasteiger partial charge in [-0.3, -0.25) is 9.59 Å². The van der Waals surface area contributed by atoms with Crippen LogP contribution < -0.4 is 20.7 Å². The molecule has 0 bridgehead atoms. The van der Waals surface area contributed by atoms with E-state index in [-0.39, 0.29) is 18.4 Å². The number of furan rings is 1. The summed E-state index contributed by atoms with van der Waals surface area (Å²) in [6.45, 7) is 1.01. The van der Waals surface area contributed by atoms with Gasteiger partial charge in [0.1, 0.15) is 11.5 Å². The highest BCUT2D eigenvalue weighted by molar-refractivity contribution is 5.95. The van der Waals surface area contributed by atoms with Gasteiger partial charge in [0.05, 0.1) is 26.0 Å². The fourth-order valence-electron chi connectivity index (χ4n) is 3.38. The molecule has 0 aliphatic carbocycles. The van der Waals surface area contributed by atoms with Crippen molar-refractivity contribution >= 4 is 23.2 Å². The van der Waals surface area contributed by atoms with Gasteiger partial charge >= 0.3 is 0 Å². The van der Waals surface area contributed by atoms with Crippen molar-refractivity contribution in [3.63, 3.8) is 0 Å². The van der Waals surface area contributed by atoms with E-state index in [1.54, 1.807) is 42.7 Å². The summed E-state index contributed by atoms with van der Waals surface area (Å²) in [5, 5.41) is 8.70. The van der Waals surface area contributed by atoms with Crippen LogP contribution in [0.4, 0.5) is 11.4 Å². The smallest absolute Gasteiger partial charge is 0.251 e. The summed E-state index contributed by atoms with van der Waals surface area (Å²) in [6, 6.07) is 28.0. The third-order valence-corrected chi connectivity index (χ3v) is 5.24. The van der Waals surface area contributed by atoms with Crippen molar-refractivity contribution in [2.45, 2.75) is 13.0 Å². The summed E-state index contributed by atoms with van der Waals surface area (Å²) in [5.41, 5.74) is 3.19. The molecule has 7 heteroatoms. The Morgan fingerprint density at radius 2 is 1.54 bits per heavy atom. The Labute approximate surface area is 204 Å². The number of benzene rings is 3. The third kappa shape index (κ3) is 7.50. The zero-order valence-corrected chi connectivity index (χ0v) is 19.2. The quantitative estimate of drug-likeness (QED) is 0.291. The van der Waals surface area contributed by atoms with Crippen LogP contribution in [0, 0.1) is 0 Å². The molecule has 3 aromatic carbocycles. The number of amides is 2. The minimum atomic E-state index is -0.196. The molecule has 0 unspecified atom stereocenters. The van der Waals surface area contributed by atoms with Crippen LogP contribution in [-0.2, 0) is 17.8 Å². The molecule has 35 heavy (non-hydrogen) atoms. The Kier molecular flexibility index (Phi) is 8.16. The van der Waals surface area contributed by atoms with Gasteiger partial charge in [0.25, 0.3) is 5.91 Å². The molecule has 4 aromatic rings. The van der Waals surface area contributed by atoms with Gasteiger partial charge in [-0.2, -0.15) is 0 Å². The summed E-state index contributed by atoms with van der Waals surface area (Å²) in [7, 11) is 0. The Morgan fingerprint density at radius 1 is 0.800 bits per heavy atom. The van der Waals surface area contributed by atoms with E-state index < -0.39 is 0 Å². The molecule has 178 valence electrons. The predicted molar refractivity (Wildman–Crippen MR) is 136 cm³/mol. The fraction of sp³-hybridized carbons (Fsp3) is 0.143. The first-order valence-corrected chi connectivity index (χ1v) is 11.4. The lowest BCUT2D eigenvalue weighted by molar-refractivity contribution is -0.114. The molecule has 0 aliphatic heterocycles. The van der Waals surface area contributed by atoms with E-state index in [0.29, 0.717) is 30.2 Å². The summed E-state index contributed by atoms with van der Waals surface area (Å²) >= 11 is 0. The lowest BCUT2D eigenvalue weighted by atomic mass is 10.2. The Bertz CT molecular complexity index is 1210. The number of rotatable bonds is 11. The molecule has 0 atom stereocenters. The average Bonchev–Trinajstić information content (AvgIpc) is 3.42. The van der Waals surface area contributed by atoms with Crippen molar-refractivity contribution in [3.8, 4) is 5.75 Å². The van der Waals surface area contributed by atoms with Gasteiger partial charge in [0.2, 0.25) is 5.91 Å². The number of carbonyl (C=O) groups excluding carboxylic acids is 2. The maximum Gasteiger partial charge on any atom is 0.251 e. The van der Waals surface area contributed by atoms with Crippen molar-refractivity contribution in [2.75, 3.05) is 23.8 Å². The zero-order valence-electron chi connectivity index (χ0n) is 19.2. The normalized spacial score (nSPS) is 10.4. The molecule has 0 saturated carbocycles. The molecule has 0 aliphatic rings. The highest BCUT2D eigenvalue weighted by atomic mass is 16.5. The molecule has 4 rings (SSSR count). The largest absolute Gasteiger partial charge is 0.493 e. The Morgan fingerprint density at radius 3 is 2.26 bits per heavy atom. The van der Waals surface area contributed by atoms with Crippen LogP contribution in [0.25, 0.3) is 0 Å². The van der Waals surface area contributed by atoms with E-state index >= 15 is 0 Å². The molecule has 3 N–H and O–H groups in total. The van der Waals surface area contributed by atoms with Crippen LogP contribution in [0.5, 0.6) is 5.75 Å². The van der Waals surface area contributed by atoms with Gasteiger partial charge in [-0.15, -0.1) is 0 Å². The van der Waals surface area contributed by atoms with Gasteiger partial charge in [0, 0.05) is 23.4 Å². The highest BCUT2D eigenvalue weighted by Crippen LogP contribution is 2.16. The molecule has 1 aromatic heterocycles. The SMILES string of the molecule is O=C(CNc1ccc(C(=O)NCc2ccco2)cc1)Nc1ccc(OCCc2ccccc2)cc1.